The maximum absolute atomic E-state index is 10.8. The zero-order valence-electron chi connectivity index (χ0n) is 12.1. The molecule has 1 heteroatoms. The quantitative estimate of drug-likeness (QED) is 0.593. The number of aliphatic hydroxyl groups is 1. The van der Waals surface area contributed by atoms with E-state index >= 15 is 0 Å². The predicted octanol–water partition coefficient (Wildman–Crippen LogP) is 4.92. The monoisotopic (exact) mass is 228 g/mol. The van der Waals surface area contributed by atoms with E-state index in [0.717, 1.165) is 12.8 Å². The Morgan fingerprint density at radius 2 is 1.00 bits per heavy atom. The van der Waals surface area contributed by atoms with Gasteiger partial charge in [-0.2, -0.15) is 0 Å². The molecule has 0 amide bonds. The van der Waals surface area contributed by atoms with Crippen LogP contribution in [-0.4, -0.2) is 10.7 Å². The Kier molecular flexibility index (Phi) is 7.30. The molecule has 0 aliphatic heterocycles. The minimum atomic E-state index is -0.482. The van der Waals surface area contributed by atoms with E-state index < -0.39 is 5.60 Å². The van der Waals surface area contributed by atoms with Crippen molar-refractivity contribution >= 4 is 0 Å². The van der Waals surface area contributed by atoms with Gasteiger partial charge in [0.05, 0.1) is 5.60 Å². The van der Waals surface area contributed by atoms with Crippen LogP contribution in [-0.2, 0) is 0 Å². The van der Waals surface area contributed by atoms with Crippen LogP contribution in [0.4, 0.5) is 0 Å². The van der Waals surface area contributed by atoms with Gasteiger partial charge in [-0.15, -0.1) is 0 Å². The summed E-state index contributed by atoms with van der Waals surface area (Å²) in [6, 6.07) is 0. The van der Waals surface area contributed by atoms with Gasteiger partial charge in [0.1, 0.15) is 0 Å². The molecule has 0 bridgehead atoms. The molecule has 1 nitrogen and oxygen atoms in total. The summed E-state index contributed by atoms with van der Waals surface area (Å²) in [6.45, 7) is 11.0. The first-order valence-electron chi connectivity index (χ1n) is 7.22. The van der Waals surface area contributed by atoms with Crippen molar-refractivity contribution in [2.75, 3.05) is 0 Å². The van der Waals surface area contributed by atoms with Gasteiger partial charge < -0.3 is 5.11 Å². The van der Waals surface area contributed by atoms with Crippen LogP contribution in [0.2, 0.25) is 0 Å². The van der Waals surface area contributed by atoms with Crippen LogP contribution in [0.5, 0.6) is 0 Å². The fourth-order valence-corrected chi connectivity index (χ4v) is 3.37. The van der Waals surface area contributed by atoms with Crippen LogP contribution in [0.15, 0.2) is 0 Å². The molecule has 0 fully saturated rings. The van der Waals surface area contributed by atoms with Crippen LogP contribution in [0.3, 0.4) is 0 Å². The number of rotatable bonds is 9. The van der Waals surface area contributed by atoms with E-state index in [-0.39, 0.29) is 5.41 Å². The zero-order valence-corrected chi connectivity index (χ0v) is 12.1. The average Bonchev–Trinajstić information content (AvgIpc) is 2.18. The van der Waals surface area contributed by atoms with E-state index in [1.54, 1.807) is 0 Å². The van der Waals surface area contributed by atoms with Crippen LogP contribution in [0.25, 0.3) is 0 Å². The molecule has 16 heavy (non-hydrogen) atoms. The molecule has 0 spiro atoms. The minimum absolute atomic E-state index is 0.154. The second-order valence-electron chi connectivity index (χ2n) is 5.55. The summed E-state index contributed by atoms with van der Waals surface area (Å²) in [5, 5.41) is 10.8. The second-order valence-corrected chi connectivity index (χ2v) is 5.55. The molecule has 98 valence electrons. The first-order valence-corrected chi connectivity index (χ1v) is 7.22. The lowest BCUT2D eigenvalue weighted by molar-refractivity contribution is -0.0932. The summed E-state index contributed by atoms with van der Waals surface area (Å²) >= 11 is 0. The first-order chi connectivity index (χ1) is 7.49. The minimum Gasteiger partial charge on any atom is -0.390 e. The molecule has 0 heterocycles. The van der Waals surface area contributed by atoms with E-state index in [1.807, 2.05) is 0 Å². The van der Waals surface area contributed by atoms with Crippen molar-refractivity contribution in [3.8, 4) is 0 Å². The van der Waals surface area contributed by atoms with E-state index in [4.69, 9.17) is 0 Å². The van der Waals surface area contributed by atoms with Crippen molar-refractivity contribution < 1.29 is 5.11 Å². The highest BCUT2D eigenvalue weighted by atomic mass is 16.3. The van der Waals surface area contributed by atoms with E-state index in [2.05, 4.69) is 34.6 Å². The Hall–Kier alpha value is -0.0400. The molecule has 1 unspecified atom stereocenters. The maximum atomic E-state index is 10.8. The van der Waals surface area contributed by atoms with E-state index in [9.17, 15) is 5.11 Å². The molecule has 0 aromatic carbocycles. The van der Waals surface area contributed by atoms with Gasteiger partial charge in [0.2, 0.25) is 0 Å². The number of hydrogen-bond donors (Lipinski definition) is 1. The summed E-state index contributed by atoms with van der Waals surface area (Å²) in [4.78, 5) is 0. The normalized spacial score (nSPS) is 16.1. The highest BCUT2D eigenvalue weighted by Gasteiger charge is 2.43. The fourth-order valence-electron chi connectivity index (χ4n) is 3.37. The van der Waals surface area contributed by atoms with Crippen molar-refractivity contribution in [3.63, 3.8) is 0 Å². The second kappa shape index (κ2) is 7.32. The molecule has 0 aliphatic carbocycles. The summed E-state index contributed by atoms with van der Waals surface area (Å²) in [5.41, 5.74) is -0.328. The predicted molar refractivity (Wildman–Crippen MR) is 72.7 cm³/mol. The van der Waals surface area contributed by atoms with Gasteiger partial charge >= 0.3 is 0 Å². The molecule has 0 aromatic rings. The van der Waals surface area contributed by atoms with Gasteiger partial charge in [-0.3, -0.25) is 0 Å². The molecular formula is C15H32O. The molecule has 0 rings (SSSR count). The smallest absolute Gasteiger partial charge is 0.0675 e. The Bertz CT molecular complexity index is 155. The summed E-state index contributed by atoms with van der Waals surface area (Å²) < 4.78 is 0. The van der Waals surface area contributed by atoms with Gasteiger partial charge in [0, 0.05) is 0 Å². The van der Waals surface area contributed by atoms with Crippen LogP contribution >= 0.6 is 0 Å². The highest BCUT2D eigenvalue weighted by Crippen LogP contribution is 2.46. The fraction of sp³-hybridized carbons (Fsp3) is 1.00. The lowest BCUT2D eigenvalue weighted by Gasteiger charge is -2.46. The van der Waals surface area contributed by atoms with E-state index in [1.165, 1.54) is 38.5 Å². The standard InChI is InChI=1S/C15H32O/c1-6-10-14(5,16)15(11-7-2,12-8-3)13-9-4/h16H,6-13H2,1-5H3. The molecule has 1 atom stereocenters. The SMILES string of the molecule is CCCC(C)(O)C(CCC)(CCC)CCC. The summed E-state index contributed by atoms with van der Waals surface area (Å²) in [7, 11) is 0. The van der Waals surface area contributed by atoms with Crippen molar-refractivity contribution in [1.29, 1.82) is 0 Å². The van der Waals surface area contributed by atoms with Crippen molar-refractivity contribution in [2.45, 2.75) is 91.6 Å². The first kappa shape index (κ1) is 16.0. The Morgan fingerprint density at radius 3 is 1.25 bits per heavy atom. The molecule has 1 N–H and O–H groups in total. The van der Waals surface area contributed by atoms with Gasteiger partial charge in [0.25, 0.3) is 0 Å². The largest absolute Gasteiger partial charge is 0.390 e. The van der Waals surface area contributed by atoms with Crippen LogP contribution in [0.1, 0.15) is 86.0 Å². The van der Waals surface area contributed by atoms with E-state index in [0.29, 0.717) is 0 Å². The molecule has 0 saturated heterocycles. The number of hydrogen-bond acceptors (Lipinski definition) is 1. The Morgan fingerprint density at radius 1 is 0.688 bits per heavy atom. The van der Waals surface area contributed by atoms with Crippen LogP contribution < -0.4 is 0 Å². The van der Waals surface area contributed by atoms with Crippen molar-refractivity contribution in [2.24, 2.45) is 5.41 Å². The molecule has 0 saturated carbocycles. The molecule has 0 aromatic heterocycles. The summed E-state index contributed by atoms with van der Waals surface area (Å²) in [5.74, 6) is 0. The van der Waals surface area contributed by atoms with Crippen molar-refractivity contribution in [1.82, 2.24) is 0 Å². The third-order valence-electron chi connectivity index (χ3n) is 4.06. The maximum Gasteiger partial charge on any atom is 0.0675 e. The highest BCUT2D eigenvalue weighted by molar-refractivity contribution is 4.95. The Labute approximate surface area is 103 Å². The zero-order chi connectivity index (χ0) is 12.7. The average molecular weight is 228 g/mol. The third-order valence-corrected chi connectivity index (χ3v) is 4.06. The Balaban J connectivity index is 4.96. The van der Waals surface area contributed by atoms with Gasteiger partial charge in [-0.05, 0) is 38.0 Å². The third kappa shape index (κ3) is 3.76. The van der Waals surface area contributed by atoms with Gasteiger partial charge in [0.15, 0.2) is 0 Å². The molecule has 0 aliphatic rings. The van der Waals surface area contributed by atoms with Crippen LogP contribution in [0, 0.1) is 5.41 Å². The lowest BCUT2D eigenvalue weighted by atomic mass is 9.63. The van der Waals surface area contributed by atoms with Gasteiger partial charge in [-0.1, -0.05) is 53.4 Å². The van der Waals surface area contributed by atoms with Gasteiger partial charge in [-0.25, -0.2) is 0 Å². The molecular weight excluding hydrogens is 196 g/mol. The molecule has 0 radical (unpaired) electrons. The lowest BCUT2D eigenvalue weighted by Crippen LogP contribution is -2.46. The summed E-state index contributed by atoms with van der Waals surface area (Å²) in [6.07, 6.45) is 9.06. The topological polar surface area (TPSA) is 20.2 Å². The van der Waals surface area contributed by atoms with Crippen molar-refractivity contribution in [3.05, 3.63) is 0 Å².